The van der Waals surface area contributed by atoms with Gasteiger partial charge >= 0.3 is 0 Å². The van der Waals surface area contributed by atoms with Gasteiger partial charge in [0.2, 0.25) is 0 Å². The van der Waals surface area contributed by atoms with Crippen LogP contribution in [-0.4, -0.2) is 12.6 Å². The van der Waals surface area contributed by atoms with Gasteiger partial charge in [-0.2, -0.15) is 0 Å². The molecule has 0 amide bonds. The molecule has 1 saturated carbocycles. The summed E-state index contributed by atoms with van der Waals surface area (Å²) < 4.78 is 19.8. The van der Waals surface area contributed by atoms with Crippen molar-refractivity contribution in [2.45, 2.75) is 38.9 Å². The van der Waals surface area contributed by atoms with Gasteiger partial charge in [0.1, 0.15) is 11.6 Å². The lowest BCUT2D eigenvalue weighted by atomic mass is 10.1. The Morgan fingerprint density at radius 2 is 2.14 bits per heavy atom. The number of furan rings is 1. The normalized spacial score (nSPS) is 14.4. The van der Waals surface area contributed by atoms with Crippen LogP contribution < -0.4 is 10.2 Å². The summed E-state index contributed by atoms with van der Waals surface area (Å²) in [6.45, 7) is 4.07. The second-order valence-corrected chi connectivity index (χ2v) is 5.50. The van der Waals surface area contributed by atoms with Crippen LogP contribution in [0.1, 0.15) is 31.1 Å². The summed E-state index contributed by atoms with van der Waals surface area (Å²) in [7, 11) is 0. The summed E-state index contributed by atoms with van der Waals surface area (Å²) in [6, 6.07) is 9.70. The van der Waals surface area contributed by atoms with Crippen LogP contribution >= 0.6 is 0 Å². The Bertz CT molecular complexity index is 578. The van der Waals surface area contributed by atoms with Crippen LogP contribution in [0.25, 0.3) is 0 Å². The SMILES string of the molecule is CCN(Cc1ccco1)c1c(F)cccc1CNC1CC1. The highest BCUT2D eigenvalue weighted by atomic mass is 19.1. The van der Waals surface area contributed by atoms with E-state index in [1.165, 1.54) is 18.9 Å². The lowest BCUT2D eigenvalue weighted by Crippen LogP contribution is -2.26. The third kappa shape index (κ3) is 3.45. The van der Waals surface area contributed by atoms with E-state index < -0.39 is 0 Å². The second kappa shape index (κ2) is 6.31. The number of nitrogens with zero attached hydrogens (tertiary/aromatic N) is 1. The Morgan fingerprint density at radius 1 is 1.29 bits per heavy atom. The third-order valence-electron chi connectivity index (χ3n) is 3.85. The number of nitrogens with one attached hydrogen (secondary N) is 1. The van der Waals surface area contributed by atoms with Crippen molar-refractivity contribution in [1.29, 1.82) is 0 Å². The molecule has 1 fully saturated rings. The van der Waals surface area contributed by atoms with E-state index in [-0.39, 0.29) is 5.82 Å². The fourth-order valence-corrected chi connectivity index (χ4v) is 2.54. The molecule has 0 atom stereocenters. The zero-order valence-electron chi connectivity index (χ0n) is 12.3. The zero-order valence-corrected chi connectivity index (χ0v) is 12.3. The van der Waals surface area contributed by atoms with E-state index in [2.05, 4.69) is 5.32 Å². The molecule has 0 aliphatic heterocycles. The third-order valence-corrected chi connectivity index (χ3v) is 3.85. The van der Waals surface area contributed by atoms with Crippen molar-refractivity contribution in [3.05, 3.63) is 53.7 Å². The molecule has 3 nitrogen and oxygen atoms in total. The van der Waals surface area contributed by atoms with Gasteiger partial charge < -0.3 is 14.6 Å². The Kier molecular flexibility index (Phi) is 4.25. The van der Waals surface area contributed by atoms with Crippen LogP contribution in [0.5, 0.6) is 0 Å². The standard InChI is InChI=1S/C17H21FN2O/c1-2-20(12-15-6-4-10-21-15)17-13(5-3-7-16(17)18)11-19-14-8-9-14/h3-7,10,14,19H,2,8-9,11-12H2,1H3. The van der Waals surface area contributed by atoms with Gasteiger partial charge in [-0.25, -0.2) is 4.39 Å². The molecule has 21 heavy (non-hydrogen) atoms. The van der Waals surface area contributed by atoms with Crippen LogP contribution in [0.2, 0.25) is 0 Å². The van der Waals surface area contributed by atoms with Gasteiger partial charge in [0.25, 0.3) is 0 Å². The van der Waals surface area contributed by atoms with Gasteiger partial charge in [-0.05, 0) is 43.5 Å². The number of hydrogen-bond acceptors (Lipinski definition) is 3. The molecule has 0 saturated heterocycles. The summed E-state index contributed by atoms with van der Waals surface area (Å²) in [5.74, 6) is 0.680. The maximum Gasteiger partial charge on any atom is 0.146 e. The predicted octanol–water partition coefficient (Wildman–Crippen LogP) is 3.70. The minimum atomic E-state index is -0.168. The monoisotopic (exact) mass is 288 g/mol. The first kappa shape index (κ1) is 14.1. The maximum atomic E-state index is 14.4. The summed E-state index contributed by atoms with van der Waals surface area (Å²) in [4.78, 5) is 2.03. The van der Waals surface area contributed by atoms with E-state index in [1.807, 2.05) is 30.0 Å². The highest BCUT2D eigenvalue weighted by Crippen LogP contribution is 2.27. The van der Waals surface area contributed by atoms with E-state index in [1.54, 1.807) is 12.3 Å². The van der Waals surface area contributed by atoms with Crippen LogP contribution in [0.15, 0.2) is 41.0 Å². The molecule has 1 aliphatic rings. The molecule has 0 radical (unpaired) electrons. The molecule has 0 spiro atoms. The number of halogens is 1. The number of benzene rings is 1. The second-order valence-electron chi connectivity index (χ2n) is 5.50. The molecular weight excluding hydrogens is 267 g/mol. The van der Waals surface area contributed by atoms with E-state index in [0.29, 0.717) is 24.8 Å². The van der Waals surface area contributed by atoms with Crippen molar-refractivity contribution in [1.82, 2.24) is 5.32 Å². The van der Waals surface area contributed by atoms with Crippen LogP contribution in [0.4, 0.5) is 10.1 Å². The molecule has 112 valence electrons. The van der Waals surface area contributed by atoms with Gasteiger partial charge in [-0.15, -0.1) is 0 Å². The van der Waals surface area contributed by atoms with Crippen molar-refractivity contribution >= 4 is 5.69 Å². The van der Waals surface area contributed by atoms with E-state index in [4.69, 9.17) is 4.42 Å². The van der Waals surface area contributed by atoms with Crippen molar-refractivity contribution in [3.63, 3.8) is 0 Å². The molecule has 3 rings (SSSR count). The average molecular weight is 288 g/mol. The first-order valence-corrected chi connectivity index (χ1v) is 7.56. The van der Waals surface area contributed by atoms with Crippen LogP contribution in [-0.2, 0) is 13.1 Å². The Labute approximate surface area is 124 Å². The molecule has 1 N–H and O–H groups in total. The lowest BCUT2D eigenvalue weighted by Gasteiger charge is -2.25. The molecule has 0 unspecified atom stereocenters. The summed E-state index contributed by atoms with van der Waals surface area (Å²) in [6.07, 6.45) is 4.11. The molecule has 1 heterocycles. The number of rotatable bonds is 7. The minimum Gasteiger partial charge on any atom is -0.467 e. The fraction of sp³-hybridized carbons (Fsp3) is 0.412. The summed E-state index contributed by atoms with van der Waals surface area (Å²) in [5.41, 5.74) is 1.69. The number of hydrogen-bond donors (Lipinski definition) is 1. The Morgan fingerprint density at radius 3 is 2.81 bits per heavy atom. The van der Waals surface area contributed by atoms with Gasteiger partial charge in [0.15, 0.2) is 0 Å². The van der Waals surface area contributed by atoms with Gasteiger partial charge in [-0.3, -0.25) is 0 Å². The highest BCUT2D eigenvalue weighted by molar-refractivity contribution is 5.55. The van der Waals surface area contributed by atoms with Gasteiger partial charge in [-0.1, -0.05) is 12.1 Å². The van der Waals surface area contributed by atoms with E-state index >= 15 is 0 Å². The smallest absolute Gasteiger partial charge is 0.146 e. The van der Waals surface area contributed by atoms with Crippen LogP contribution in [0, 0.1) is 5.82 Å². The summed E-state index contributed by atoms with van der Waals surface area (Å²) >= 11 is 0. The zero-order chi connectivity index (χ0) is 14.7. The quantitative estimate of drug-likeness (QED) is 0.842. The van der Waals surface area contributed by atoms with E-state index in [0.717, 1.165) is 17.9 Å². The fourth-order valence-electron chi connectivity index (χ4n) is 2.54. The topological polar surface area (TPSA) is 28.4 Å². The Hall–Kier alpha value is -1.81. The van der Waals surface area contributed by atoms with Crippen molar-refractivity contribution in [2.75, 3.05) is 11.4 Å². The van der Waals surface area contributed by atoms with Crippen molar-refractivity contribution < 1.29 is 8.81 Å². The molecule has 0 bridgehead atoms. The lowest BCUT2D eigenvalue weighted by molar-refractivity contribution is 0.500. The van der Waals surface area contributed by atoms with Crippen molar-refractivity contribution in [2.24, 2.45) is 0 Å². The largest absolute Gasteiger partial charge is 0.467 e. The predicted molar refractivity (Wildman–Crippen MR) is 81.7 cm³/mol. The summed E-state index contributed by atoms with van der Waals surface area (Å²) in [5, 5.41) is 3.46. The molecule has 1 aliphatic carbocycles. The number of anilines is 1. The van der Waals surface area contributed by atoms with Crippen LogP contribution in [0.3, 0.4) is 0 Å². The molecule has 4 heteroatoms. The minimum absolute atomic E-state index is 0.168. The molecule has 2 aromatic rings. The highest BCUT2D eigenvalue weighted by Gasteiger charge is 2.22. The molecule has 1 aromatic carbocycles. The first-order chi connectivity index (χ1) is 10.3. The Balaban J connectivity index is 1.82. The number of para-hydroxylation sites is 1. The van der Waals surface area contributed by atoms with E-state index in [9.17, 15) is 4.39 Å². The van der Waals surface area contributed by atoms with Gasteiger partial charge in [0.05, 0.1) is 18.5 Å². The van der Waals surface area contributed by atoms with Gasteiger partial charge in [0, 0.05) is 19.1 Å². The molecular formula is C17H21FN2O. The average Bonchev–Trinajstić information content (AvgIpc) is 3.18. The maximum absolute atomic E-state index is 14.4. The van der Waals surface area contributed by atoms with Crippen molar-refractivity contribution in [3.8, 4) is 0 Å². The molecule has 1 aromatic heterocycles. The first-order valence-electron chi connectivity index (χ1n) is 7.56.